The van der Waals surface area contributed by atoms with Crippen molar-refractivity contribution in [3.63, 3.8) is 0 Å². The van der Waals surface area contributed by atoms with Crippen LogP contribution in [0.15, 0.2) is 89.9 Å². The predicted octanol–water partition coefficient (Wildman–Crippen LogP) is 5.02. The molecule has 5 aromatic rings. The lowest BCUT2D eigenvalue weighted by molar-refractivity contribution is 0.0989. The van der Waals surface area contributed by atoms with Crippen molar-refractivity contribution in [2.45, 2.75) is 6.42 Å². The molecule has 0 atom stereocenters. The number of benzene rings is 3. The molecule has 0 saturated carbocycles. The van der Waals surface area contributed by atoms with Gasteiger partial charge in [0.15, 0.2) is 0 Å². The van der Waals surface area contributed by atoms with Crippen LogP contribution < -0.4 is 15.8 Å². The third kappa shape index (κ3) is 3.24. The summed E-state index contributed by atoms with van der Waals surface area (Å²) in [6.45, 7) is 0.663. The Balaban J connectivity index is 1.37. The molecule has 6 heteroatoms. The summed E-state index contributed by atoms with van der Waals surface area (Å²) in [7, 11) is 0. The van der Waals surface area contributed by atoms with E-state index in [2.05, 4.69) is 21.4 Å². The number of amides is 1. The van der Waals surface area contributed by atoms with Crippen molar-refractivity contribution >= 4 is 44.8 Å². The van der Waals surface area contributed by atoms with Gasteiger partial charge in [0.1, 0.15) is 5.65 Å². The zero-order chi connectivity index (χ0) is 22.4. The molecular weight excluding hydrogens is 412 g/mol. The maximum atomic E-state index is 13.0. The van der Waals surface area contributed by atoms with Crippen LogP contribution in [0.5, 0.6) is 0 Å². The molecule has 0 aliphatic carbocycles. The molecule has 2 N–H and O–H groups in total. The van der Waals surface area contributed by atoms with Crippen LogP contribution in [0.1, 0.15) is 15.9 Å². The van der Waals surface area contributed by atoms with E-state index in [9.17, 15) is 9.59 Å². The first-order valence-electron chi connectivity index (χ1n) is 10.9. The number of carbonyl (C=O) groups is 1. The number of nitrogens with one attached hydrogen (secondary N) is 2. The molecule has 0 radical (unpaired) electrons. The first-order chi connectivity index (χ1) is 16.2. The van der Waals surface area contributed by atoms with Crippen molar-refractivity contribution in [3.8, 4) is 0 Å². The Morgan fingerprint density at radius 1 is 0.939 bits per heavy atom. The number of fused-ring (bicyclic) bond motifs is 4. The summed E-state index contributed by atoms with van der Waals surface area (Å²) in [5.74, 6) is 0.0191. The van der Waals surface area contributed by atoms with Crippen molar-refractivity contribution < 1.29 is 4.79 Å². The van der Waals surface area contributed by atoms with Crippen molar-refractivity contribution in [2.75, 3.05) is 16.8 Å². The average Bonchev–Trinajstić information content (AvgIpc) is 3.27. The quantitative estimate of drug-likeness (QED) is 0.392. The van der Waals surface area contributed by atoms with E-state index in [4.69, 9.17) is 0 Å². The van der Waals surface area contributed by atoms with Gasteiger partial charge >= 0.3 is 0 Å². The number of aromatic nitrogens is 2. The lowest BCUT2D eigenvalue weighted by atomic mass is 10.1. The molecule has 3 heterocycles. The summed E-state index contributed by atoms with van der Waals surface area (Å²) in [5.41, 5.74) is 4.95. The van der Waals surface area contributed by atoms with Crippen molar-refractivity contribution in [1.82, 2.24) is 9.97 Å². The Labute approximate surface area is 189 Å². The molecule has 0 spiro atoms. The normalized spacial score (nSPS) is 12.8. The highest BCUT2D eigenvalue weighted by molar-refractivity contribution is 6.11. The lowest BCUT2D eigenvalue weighted by Gasteiger charge is -2.18. The average molecular weight is 432 g/mol. The number of hydrogen-bond donors (Lipinski definition) is 2. The number of pyridine rings is 2. The Morgan fingerprint density at radius 2 is 1.73 bits per heavy atom. The number of hydrogen-bond acceptors (Lipinski definition) is 4. The topological polar surface area (TPSA) is 78.1 Å². The second-order valence-corrected chi connectivity index (χ2v) is 8.12. The summed E-state index contributed by atoms with van der Waals surface area (Å²) in [6.07, 6.45) is 2.49. The van der Waals surface area contributed by atoms with Crippen molar-refractivity contribution in [3.05, 3.63) is 107 Å². The minimum Gasteiger partial charge on any atom is -0.355 e. The van der Waals surface area contributed by atoms with Crippen LogP contribution in [-0.2, 0) is 6.42 Å². The van der Waals surface area contributed by atoms with Gasteiger partial charge in [0.25, 0.3) is 11.5 Å². The van der Waals surface area contributed by atoms with Crippen molar-refractivity contribution in [1.29, 1.82) is 0 Å². The van der Waals surface area contributed by atoms with E-state index in [1.807, 2.05) is 77.7 Å². The highest BCUT2D eigenvalue weighted by Gasteiger charge is 2.25. The van der Waals surface area contributed by atoms with Crippen LogP contribution in [0.2, 0.25) is 0 Å². The summed E-state index contributed by atoms with van der Waals surface area (Å²) >= 11 is 0. The zero-order valence-corrected chi connectivity index (χ0v) is 17.7. The highest BCUT2D eigenvalue weighted by atomic mass is 16.2. The number of anilines is 3. The van der Waals surface area contributed by atoms with Gasteiger partial charge in [0.2, 0.25) is 0 Å². The zero-order valence-electron chi connectivity index (χ0n) is 17.7. The van der Waals surface area contributed by atoms with E-state index in [-0.39, 0.29) is 11.5 Å². The monoisotopic (exact) mass is 432 g/mol. The Kier molecular flexibility index (Phi) is 4.43. The van der Waals surface area contributed by atoms with E-state index < -0.39 is 0 Å². The Bertz CT molecular complexity index is 1590. The smallest absolute Gasteiger partial charge is 0.258 e. The summed E-state index contributed by atoms with van der Waals surface area (Å²) < 4.78 is 0. The minimum absolute atomic E-state index is 0.0191. The molecule has 0 saturated heterocycles. The number of rotatable bonds is 3. The number of carbonyl (C=O) groups excluding carboxylic acids is 1. The number of H-pyrrole nitrogens is 1. The number of nitrogens with zero attached hydrogens (tertiary/aromatic N) is 2. The van der Waals surface area contributed by atoms with Gasteiger partial charge in [-0.25, -0.2) is 4.98 Å². The van der Waals surface area contributed by atoms with E-state index in [1.165, 1.54) is 0 Å². The van der Waals surface area contributed by atoms with E-state index in [0.717, 1.165) is 39.8 Å². The molecule has 1 aliphatic rings. The fourth-order valence-corrected chi connectivity index (χ4v) is 4.59. The van der Waals surface area contributed by atoms with Crippen molar-refractivity contribution in [2.24, 2.45) is 0 Å². The first kappa shape index (κ1) is 19.3. The standard InChI is InChI=1S/C27H20N4O2/c32-26-21-9-5-4-8-20(21)24-22(12-14-28-25(24)30-26)29-19-10-11-23-18(16-19)13-15-31(23)27(33)17-6-2-1-3-7-17/h1-12,14,16H,13,15H2,(H2,28,29,30,32). The van der Waals surface area contributed by atoms with Crippen LogP contribution >= 0.6 is 0 Å². The van der Waals surface area contributed by atoms with Crippen LogP contribution in [-0.4, -0.2) is 22.4 Å². The van der Waals surface area contributed by atoms with Gasteiger partial charge in [-0.15, -0.1) is 0 Å². The second-order valence-electron chi connectivity index (χ2n) is 8.12. The predicted molar refractivity (Wildman–Crippen MR) is 131 cm³/mol. The van der Waals surface area contributed by atoms with Crippen LogP contribution in [0, 0.1) is 0 Å². The van der Waals surface area contributed by atoms with Gasteiger partial charge in [-0.1, -0.05) is 36.4 Å². The maximum absolute atomic E-state index is 13.0. The van der Waals surface area contributed by atoms with E-state index in [1.54, 1.807) is 6.20 Å². The summed E-state index contributed by atoms with van der Waals surface area (Å²) in [5, 5.41) is 5.85. The Hall–Kier alpha value is -4.45. The summed E-state index contributed by atoms with van der Waals surface area (Å²) in [4.78, 5) is 34.5. The van der Waals surface area contributed by atoms with E-state index in [0.29, 0.717) is 23.1 Å². The molecule has 6 rings (SSSR count). The van der Waals surface area contributed by atoms with E-state index >= 15 is 0 Å². The van der Waals surface area contributed by atoms with Gasteiger partial charge in [0, 0.05) is 45.8 Å². The van der Waals surface area contributed by atoms with Crippen LogP contribution in [0.3, 0.4) is 0 Å². The summed E-state index contributed by atoms with van der Waals surface area (Å²) in [6, 6.07) is 24.9. The molecule has 0 fully saturated rings. The van der Waals surface area contributed by atoms with Gasteiger partial charge in [-0.3, -0.25) is 9.59 Å². The lowest BCUT2D eigenvalue weighted by Crippen LogP contribution is -2.28. The Morgan fingerprint density at radius 3 is 2.58 bits per heavy atom. The van der Waals surface area contributed by atoms with Gasteiger partial charge in [0.05, 0.1) is 5.69 Å². The molecule has 160 valence electrons. The fraction of sp³-hybridized carbons (Fsp3) is 0.0741. The third-order valence-electron chi connectivity index (χ3n) is 6.14. The van der Waals surface area contributed by atoms with Gasteiger partial charge < -0.3 is 15.2 Å². The van der Waals surface area contributed by atoms with Crippen LogP contribution in [0.25, 0.3) is 21.8 Å². The molecular formula is C27H20N4O2. The SMILES string of the molecule is O=C(c1ccccc1)N1CCc2cc(Nc3ccnc4[nH]c(=O)c5ccccc5c34)ccc21. The number of aromatic amines is 1. The molecule has 0 bridgehead atoms. The largest absolute Gasteiger partial charge is 0.355 e. The molecule has 33 heavy (non-hydrogen) atoms. The van der Waals surface area contributed by atoms with Gasteiger partial charge in [-0.05, 0) is 54.4 Å². The molecule has 0 unspecified atom stereocenters. The molecule has 2 aromatic heterocycles. The third-order valence-corrected chi connectivity index (χ3v) is 6.14. The molecule has 3 aromatic carbocycles. The maximum Gasteiger partial charge on any atom is 0.258 e. The minimum atomic E-state index is -0.150. The molecule has 1 amide bonds. The second kappa shape index (κ2) is 7.60. The highest BCUT2D eigenvalue weighted by Crippen LogP contribution is 2.34. The fourth-order valence-electron chi connectivity index (χ4n) is 4.59. The first-order valence-corrected chi connectivity index (χ1v) is 10.9. The van der Waals surface area contributed by atoms with Crippen LogP contribution in [0.4, 0.5) is 17.1 Å². The molecule has 6 nitrogen and oxygen atoms in total. The van der Waals surface area contributed by atoms with Gasteiger partial charge in [-0.2, -0.15) is 0 Å². The molecule has 1 aliphatic heterocycles.